The molecule has 0 bridgehead atoms. The standard InChI is InChI=1S/C13H17ClN2O2/c14-13-5-4-12(16(17)18)8-11(13)9-15-7-6-10-2-1-3-10/h4-5,8,10,15H,1-3,6-7,9H2. The first-order valence-electron chi connectivity index (χ1n) is 6.30. The lowest BCUT2D eigenvalue weighted by Crippen LogP contribution is -2.21. The van der Waals surface area contributed by atoms with Crippen LogP contribution in [0, 0.1) is 16.0 Å². The van der Waals surface area contributed by atoms with Crippen molar-refractivity contribution in [2.75, 3.05) is 6.54 Å². The molecule has 0 unspecified atom stereocenters. The van der Waals surface area contributed by atoms with E-state index in [0.717, 1.165) is 18.0 Å². The SMILES string of the molecule is O=[N+]([O-])c1ccc(Cl)c(CNCCC2CCC2)c1. The van der Waals surface area contributed by atoms with Gasteiger partial charge in [0.05, 0.1) is 4.92 Å². The highest BCUT2D eigenvalue weighted by molar-refractivity contribution is 6.31. The molecular formula is C13H17ClN2O2. The zero-order valence-corrected chi connectivity index (χ0v) is 10.9. The van der Waals surface area contributed by atoms with Gasteiger partial charge >= 0.3 is 0 Å². The highest BCUT2D eigenvalue weighted by atomic mass is 35.5. The summed E-state index contributed by atoms with van der Waals surface area (Å²) in [7, 11) is 0. The van der Waals surface area contributed by atoms with Crippen LogP contribution in [0.2, 0.25) is 5.02 Å². The Balaban J connectivity index is 1.83. The van der Waals surface area contributed by atoms with Crippen LogP contribution in [-0.4, -0.2) is 11.5 Å². The topological polar surface area (TPSA) is 55.2 Å². The molecule has 1 aromatic rings. The first-order chi connectivity index (χ1) is 8.66. The van der Waals surface area contributed by atoms with Crippen LogP contribution >= 0.6 is 11.6 Å². The van der Waals surface area contributed by atoms with Gasteiger partial charge in [-0.1, -0.05) is 30.9 Å². The number of hydrogen-bond donors (Lipinski definition) is 1. The second kappa shape index (κ2) is 6.16. The Morgan fingerprint density at radius 3 is 2.83 bits per heavy atom. The molecule has 98 valence electrons. The minimum atomic E-state index is -0.395. The Kier molecular flexibility index (Phi) is 4.55. The third-order valence-corrected chi connectivity index (χ3v) is 3.88. The first-order valence-corrected chi connectivity index (χ1v) is 6.68. The van der Waals surface area contributed by atoms with E-state index in [2.05, 4.69) is 5.32 Å². The number of rotatable bonds is 6. The van der Waals surface area contributed by atoms with E-state index in [1.54, 1.807) is 12.1 Å². The largest absolute Gasteiger partial charge is 0.313 e. The lowest BCUT2D eigenvalue weighted by atomic mass is 9.83. The normalized spacial score (nSPS) is 15.4. The maximum absolute atomic E-state index is 10.7. The molecule has 0 atom stereocenters. The molecule has 0 amide bonds. The monoisotopic (exact) mass is 268 g/mol. The molecule has 0 aliphatic heterocycles. The van der Waals surface area contributed by atoms with Crippen molar-refractivity contribution in [1.82, 2.24) is 5.32 Å². The van der Waals surface area contributed by atoms with E-state index in [-0.39, 0.29) is 5.69 Å². The fourth-order valence-corrected chi connectivity index (χ4v) is 2.31. The van der Waals surface area contributed by atoms with Gasteiger partial charge in [0, 0.05) is 23.7 Å². The lowest BCUT2D eigenvalue weighted by molar-refractivity contribution is -0.384. The molecule has 1 aliphatic rings. The van der Waals surface area contributed by atoms with E-state index < -0.39 is 4.92 Å². The van der Waals surface area contributed by atoms with Crippen LogP contribution in [0.25, 0.3) is 0 Å². The van der Waals surface area contributed by atoms with Crippen molar-refractivity contribution in [3.8, 4) is 0 Å². The van der Waals surface area contributed by atoms with Gasteiger partial charge in [0.1, 0.15) is 0 Å². The molecule has 1 fully saturated rings. The van der Waals surface area contributed by atoms with Gasteiger partial charge in [-0.25, -0.2) is 0 Å². The van der Waals surface area contributed by atoms with E-state index in [1.165, 1.54) is 31.7 Å². The second-order valence-electron chi connectivity index (χ2n) is 4.80. The van der Waals surface area contributed by atoms with E-state index in [0.29, 0.717) is 11.6 Å². The van der Waals surface area contributed by atoms with Crippen molar-refractivity contribution in [3.63, 3.8) is 0 Å². The number of non-ortho nitro benzene ring substituents is 1. The fourth-order valence-electron chi connectivity index (χ4n) is 2.12. The molecule has 0 aromatic heterocycles. The number of nitro groups is 1. The zero-order chi connectivity index (χ0) is 13.0. The van der Waals surface area contributed by atoms with Crippen molar-refractivity contribution < 1.29 is 4.92 Å². The molecule has 2 rings (SSSR count). The minimum Gasteiger partial charge on any atom is -0.313 e. The van der Waals surface area contributed by atoms with Crippen LogP contribution in [0.3, 0.4) is 0 Å². The van der Waals surface area contributed by atoms with E-state index in [9.17, 15) is 10.1 Å². The summed E-state index contributed by atoms with van der Waals surface area (Å²) in [6, 6.07) is 4.56. The van der Waals surface area contributed by atoms with Crippen LogP contribution in [0.5, 0.6) is 0 Å². The molecule has 0 radical (unpaired) electrons. The number of hydrogen-bond acceptors (Lipinski definition) is 3. The molecule has 4 nitrogen and oxygen atoms in total. The molecule has 5 heteroatoms. The van der Waals surface area contributed by atoms with Crippen molar-refractivity contribution in [1.29, 1.82) is 0 Å². The van der Waals surface area contributed by atoms with Crippen molar-refractivity contribution in [2.24, 2.45) is 5.92 Å². The Hall–Kier alpha value is -1.13. The number of nitrogens with one attached hydrogen (secondary N) is 1. The molecule has 0 heterocycles. The second-order valence-corrected chi connectivity index (χ2v) is 5.20. The quantitative estimate of drug-likeness (QED) is 0.488. The first kappa shape index (κ1) is 13.3. The van der Waals surface area contributed by atoms with Gasteiger partial charge < -0.3 is 5.32 Å². The van der Waals surface area contributed by atoms with Crippen LogP contribution in [-0.2, 0) is 6.54 Å². The van der Waals surface area contributed by atoms with E-state index in [1.807, 2.05) is 0 Å². The van der Waals surface area contributed by atoms with Crippen molar-refractivity contribution >= 4 is 17.3 Å². The smallest absolute Gasteiger partial charge is 0.269 e. The lowest BCUT2D eigenvalue weighted by Gasteiger charge is -2.25. The van der Waals surface area contributed by atoms with Crippen LogP contribution in [0.1, 0.15) is 31.2 Å². The van der Waals surface area contributed by atoms with Gasteiger partial charge in [-0.15, -0.1) is 0 Å². The summed E-state index contributed by atoms with van der Waals surface area (Å²) in [5, 5.41) is 14.6. The average Bonchev–Trinajstić information content (AvgIpc) is 2.28. The molecule has 1 aliphatic carbocycles. The molecule has 1 aromatic carbocycles. The minimum absolute atomic E-state index is 0.0928. The third kappa shape index (κ3) is 3.43. The van der Waals surface area contributed by atoms with Crippen molar-refractivity contribution in [3.05, 3.63) is 38.9 Å². The third-order valence-electron chi connectivity index (χ3n) is 3.51. The number of halogens is 1. The van der Waals surface area contributed by atoms with Gasteiger partial charge in [0.15, 0.2) is 0 Å². The van der Waals surface area contributed by atoms with Crippen LogP contribution < -0.4 is 5.32 Å². The summed E-state index contributed by atoms with van der Waals surface area (Å²) in [5.74, 6) is 0.873. The number of benzene rings is 1. The highest BCUT2D eigenvalue weighted by Crippen LogP contribution is 2.28. The Bertz CT molecular complexity index is 433. The van der Waals surface area contributed by atoms with Gasteiger partial charge in [0.2, 0.25) is 0 Å². The molecular weight excluding hydrogens is 252 g/mol. The molecule has 1 N–H and O–H groups in total. The predicted molar refractivity (Wildman–Crippen MR) is 71.8 cm³/mol. The van der Waals surface area contributed by atoms with Gasteiger partial charge in [0.25, 0.3) is 5.69 Å². The molecule has 1 saturated carbocycles. The van der Waals surface area contributed by atoms with Crippen LogP contribution in [0.15, 0.2) is 18.2 Å². The maximum atomic E-state index is 10.7. The van der Waals surface area contributed by atoms with Gasteiger partial charge in [-0.3, -0.25) is 10.1 Å². The summed E-state index contributed by atoms with van der Waals surface area (Å²) < 4.78 is 0. The van der Waals surface area contributed by atoms with E-state index >= 15 is 0 Å². The van der Waals surface area contributed by atoms with Crippen LogP contribution in [0.4, 0.5) is 5.69 Å². The Labute approximate surface area is 111 Å². The summed E-state index contributed by atoms with van der Waals surface area (Å²) in [5.41, 5.74) is 0.884. The predicted octanol–water partition coefficient (Wildman–Crippen LogP) is 3.53. The summed E-state index contributed by atoms with van der Waals surface area (Å²) >= 11 is 6.02. The summed E-state index contributed by atoms with van der Waals surface area (Å²) in [6.45, 7) is 1.54. The summed E-state index contributed by atoms with van der Waals surface area (Å²) in [4.78, 5) is 10.3. The molecule has 18 heavy (non-hydrogen) atoms. The Morgan fingerprint density at radius 2 is 2.22 bits per heavy atom. The Morgan fingerprint density at radius 1 is 1.44 bits per heavy atom. The zero-order valence-electron chi connectivity index (χ0n) is 10.2. The highest BCUT2D eigenvalue weighted by Gasteiger charge is 2.16. The summed E-state index contributed by atoms with van der Waals surface area (Å²) in [6.07, 6.45) is 5.24. The number of nitrogens with zero attached hydrogens (tertiary/aromatic N) is 1. The number of nitro benzene ring substituents is 1. The van der Waals surface area contributed by atoms with Crippen molar-refractivity contribution in [2.45, 2.75) is 32.2 Å². The molecule has 0 saturated heterocycles. The van der Waals surface area contributed by atoms with Gasteiger partial charge in [-0.2, -0.15) is 0 Å². The maximum Gasteiger partial charge on any atom is 0.269 e. The van der Waals surface area contributed by atoms with E-state index in [4.69, 9.17) is 11.6 Å². The molecule has 0 spiro atoms. The average molecular weight is 269 g/mol. The fraction of sp³-hybridized carbons (Fsp3) is 0.538. The van der Waals surface area contributed by atoms with Gasteiger partial charge in [-0.05, 0) is 30.5 Å².